The largest absolute Gasteiger partial charge is 0.243 e. The third kappa shape index (κ3) is 1.69. The van der Waals surface area contributed by atoms with Crippen LogP contribution >= 0.6 is 11.6 Å². The second-order valence-corrected chi connectivity index (χ2v) is 1.81. The van der Waals surface area contributed by atoms with Crippen molar-refractivity contribution in [1.29, 1.82) is 5.26 Å². The molecule has 10 heavy (non-hydrogen) atoms. The van der Waals surface area contributed by atoms with Crippen LogP contribution in [0.5, 0.6) is 0 Å². The lowest BCUT2D eigenvalue weighted by Gasteiger charge is -1.87. The van der Waals surface area contributed by atoms with Gasteiger partial charge in [-0.1, -0.05) is 11.6 Å². The van der Waals surface area contributed by atoms with E-state index in [-0.39, 0.29) is 11.3 Å². The first kappa shape index (κ1) is 8.89. The fourth-order valence-corrected chi connectivity index (χ4v) is 0.631. The standard InChI is InChI=1S/C6H3ClN2.N/c7-6-5(4-8)2-1-3-9-6;/h1-3H;. The highest BCUT2D eigenvalue weighted by Crippen LogP contribution is 2.08. The summed E-state index contributed by atoms with van der Waals surface area (Å²) in [6, 6.07) is 5.19. The second kappa shape index (κ2) is 3.83. The smallest absolute Gasteiger partial charge is 0.146 e. The van der Waals surface area contributed by atoms with Crippen LogP contribution in [0, 0.1) is 11.3 Å². The molecule has 0 atom stereocenters. The Bertz CT molecular complexity index is 253. The quantitative estimate of drug-likeness (QED) is 0.523. The van der Waals surface area contributed by atoms with Crippen LogP contribution in [0.25, 0.3) is 0 Å². The van der Waals surface area contributed by atoms with Gasteiger partial charge >= 0.3 is 0 Å². The van der Waals surface area contributed by atoms with Crippen molar-refractivity contribution in [3.8, 4) is 6.07 Å². The molecule has 1 heterocycles. The Morgan fingerprint density at radius 2 is 2.30 bits per heavy atom. The topological polar surface area (TPSA) is 67.2 Å². The summed E-state index contributed by atoms with van der Waals surface area (Å²) >= 11 is 5.49. The predicted molar refractivity (Wildman–Crippen MR) is 36.1 cm³/mol. The molecule has 0 saturated carbocycles. The average Bonchev–Trinajstić information content (AvgIpc) is 1.89. The van der Waals surface area contributed by atoms with Crippen molar-refractivity contribution >= 4 is 11.6 Å². The van der Waals surface area contributed by atoms with Crippen LogP contribution in [-0.4, -0.2) is 4.98 Å². The molecule has 0 bridgehead atoms. The summed E-state index contributed by atoms with van der Waals surface area (Å²) in [5, 5.41) is 8.61. The third-order valence-corrected chi connectivity index (χ3v) is 1.18. The molecule has 49 valence electrons. The summed E-state index contributed by atoms with van der Waals surface area (Å²) in [4.78, 5) is 3.69. The van der Waals surface area contributed by atoms with E-state index in [1.165, 1.54) is 0 Å². The molecule has 0 saturated heterocycles. The molecule has 0 N–H and O–H groups in total. The van der Waals surface area contributed by atoms with Crippen LogP contribution in [0.1, 0.15) is 5.56 Å². The molecule has 1 aromatic heterocycles. The first-order valence-corrected chi connectivity index (χ1v) is 2.73. The van der Waals surface area contributed by atoms with E-state index in [1.54, 1.807) is 18.3 Å². The van der Waals surface area contributed by atoms with Crippen molar-refractivity contribution in [3.63, 3.8) is 0 Å². The molecule has 0 aromatic carbocycles. The van der Waals surface area contributed by atoms with Gasteiger partial charge in [-0.15, -0.1) is 0 Å². The lowest BCUT2D eigenvalue weighted by atomic mass is 10.3. The summed E-state index contributed by atoms with van der Waals surface area (Å²) in [5.74, 6) is 0. The Hall–Kier alpha value is -1.11. The number of rotatable bonds is 0. The van der Waals surface area contributed by atoms with Gasteiger partial charge in [0.2, 0.25) is 0 Å². The summed E-state index contributed by atoms with van der Waals surface area (Å²) in [5.41, 5.74) is 0.416. The molecule has 1 rings (SSSR count). The number of hydrogen-bond donors (Lipinski definition) is 0. The molecule has 0 aliphatic carbocycles. The average molecular weight is 153 g/mol. The van der Waals surface area contributed by atoms with E-state index in [2.05, 4.69) is 4.98 Å². The molecule has 1 aromatic rings. The Balaban J connectivity index is 0.000000810. The molecule has 3 radical (unpaired) electrons. The van der Waals surface area contributed by atoms with Gasteiger partial charge in [-0.25, -0.2) is 4.98 Å². The lowest BCUT2D eigenvalue weighted by molar-refractivity contribution is 1.30. The molecule has 4 heteroatoms. The fourth-order valence-electron chi connectivity index (χ4n) is 0.469. The van der Waals surface area contributed by atoms with Crippen LogP contribution < -0.4 is 6.15 Å². The summed E-state index contributed by atoms with van der Waals surface area (Å²) < 4.78 is 0. The van der Waals surface area contributed by atoms with Crippen molar-refractivity contribution < 1.29 is 0 Å². The van der Waals surface area contributed by atoms with Gasteiger partial charge in [0, 0.05) is 12.3 Å². The molecular weight excluding hydrogens is 150 g/mol. The monoisotopic (exact) mass is 152 g/mol. The number of hydrogen-bond acceptors (Lipinski definition) is 2. The highest BCUT2D eigenvalue weighted by molar-refractivity contribution is 6.30. The minimum absolute atomic E-state index is 0. The van der Waals surface area contributed by atoms with Gasteiger partial charge in [0.25, 0.3) is 0 Å². The molecule has 0 unspecified atom stereocenters. The summed E-state index contributed by atoms with van der Waals surface area (Å²) in [6.07, 6.45) is 1.54. The molecule has 0 aliphatic rings. The minimum Gasteiger partial charge on any atom is -0.243 e. The van der Waals surface area contributed by atoms with Gasteiger partial charge in [0.1, 0.15) is 11.2 Å². The Morgan fingerprint density at radius 1 is 1.60 bits per heavy atom. The zero-order valence-corrected chi connectivity index (χ0v) is 5.71. The van der Waals surface area contributed by atoms with Gasteiger partial charge in [0.05, 0.1) is 5.56 Å². The van der Waals surface area contributed by atoms with E-state index in [1.807, 2.05) is 6.07 Å². The Kier molecular flexibility index (Phi) is 3.40. The molecule has 0 amide bonds. The number of nitriles is 1. The van der Waals surface area contributed by atoms with Gasteiger partial charge < -0.3 is 0 Å². The van der Waals surface area contributed by atoms with E-state index in [9.17, 15) is 0 Å². The van der Waals surface area contributed by atoms with Crippen LogP contribution in [0.3, 0.4) is 0 Å². The predicted octanol–water partition coefficient (Wildman–Crippen LogP) is 1.13. The zero-order chi connectivity index (χ0) is 6.69. The van der Waals surface area contributed by atoms with E-state index in [0.29, 0.717) is 5.56 Å². The number of aromatic nitrogens is 1. The normalized spacial score (nSPS) is 7.60. The van der Waals surface area contributed by atoms with Crippen LogP contribution in [0.2, 0.25) is 5.15 Å². The summed E-state index contributed by atoms with van der Waals surface area (Å²) in [6.45, 7) is 0. The molecular formula is C6H3ClN3. The molecule has 0 fully saturated rings. The van der Waals surface area contributed by atoms with Crippen molar-refractivity contribution in [2.24, 2.45) is 0 Å². The summed E-state index contributed by atoms with van der Waals surface area (Å²) in [7, 11) is 0. The Morgan fingerprint density at radius 3 is 2.70 bits per heavy atom. The van der Waals surface area contributed by atoms with Gasteiger partial charge in [0.15, 0.2) is 0 Å². The number of halogens is 1. The van der Waals surface area contributed by atoms with E-state index in [4.69, 9.17) is 16.9 Å². The van der Waals surface area contributed by atoms with Crippen LogP contribution in [0.4, 0.5) is 0 Å². The Labute approximate surface area is 63.8 Å². The number of pyridine rings is 1. The molecule has 0 spiro atoms. The SMILES string of the molecule is N#Cc1cccnc1Cl.[N]. The van der Waals surface area contributed by atoms with Crippen molar-refractivity contribution in [2.75, 3.05) is 0 Å². The fraction of sp³-hybridized carbons (Fsp3) is 0. The van der Waals surface area contributed by atoms with Gasteiger partial charge in [-0.05, 0) is 12.1 Å². The van der Waals surface area contributed by atoms with Gasteiger partial charge in [-0.2, -0.15) is 5.26 Å². The highest BCUT2D eigenvalue weighted by Gasteiger charge is 1.94. The van der Waals surface area contributed by atoms with Gasteiger partial charge in [-0.3, -0.25) is 0 Å². The van der Waals surface area contributed by atoms with E-state index < -0.39 is 0 Å². The van der Waals surface area contributed by atoms with Crippen molar-refractivity contribution in [1.82, 2.24) is 11.1 Å². The zero-order valence-electron chi connectivity index (χ0n) is 4.95. The number of nitrogens with zero attached hydrogens (tertiary/aromatic N) is 3. The first-order valence-electron chi connectivity index (χ1n) is 2.35. The molecule has 3 nitrogen and oxygen atoms in total. The van der Waals surface area contributed by atoms with Crippen LogP contribution in [0.15, 0.2) is 18.3 Å². The second-order valence-electron chi connectivity index (χ2n) is 1.45. The maximum atomic E-state index is 8.34. The first-order chi connectivity index (χ1) is 4.34. The van der Waals surface area contributed by atoms with Crippen LogP contribution in [-0.2, 0) is 0 Å². The van der Waals surface area contributed by atoms with E-state index >= 15 is 0 Å². The van der Waals surface area contributed by atoms with E-state index in [0.717, 1.165) is 0 Å². The molecule has 0 aliphatic heterocycles. The third-order valence-electron chi connectivity index (χ3n) is 0.880. The maximum Gasteiger partial charge on any atom is 0.146 e. The van der Waals surface area contributed by atoms with Crippen molar-refractivity contribution in [2.45, 2.75) is 0 Å². The minimum atomic E-state index is 0. The lowest BCUT2D eigenvalue weighted by Crippen LogP contribution is -1.77. The van der Waals surface area contributed by atoms with Crippen molar-refractivity contribution in [3.05, 3.63) is 29.0 Å². The highest BCUT2D eigenvalue weighted by atomic mass is 35.5. The maximum absolute atomic E-state index is 8.34.